The molecule has 3 heterocycles. The molecule has 2 N–H and O–H groups in total. The number of nitrogens with zero attached hydrogens (tertiary/aromatic N) is 6. The van der Waals surface area contributed by atoms with Crippen LogP contribution in [0.5, 0.6) is 0 Å². The van der Waals surface area contributed by atoms with Crippen molar-refractivity contribution >= 4 is 44.9 Å². The van der Waals surface area contributed by atoms with Crippen LogP contribution in [-0.4, -0.2) is 63.9 Å². The molecule has 0 atom stereocenters. The van der Waals surface area contributed by atoms with Gasteiger partial charge in [-0.25, -0.2) is 14.2 Å². The first-order chi connectivity index (χ1) is 17.7. The topological polar surface area (TPSA) is 128 Å². The van der Waals surface area contributed by atoms with E-state index in [0.29, 0.717) is 30.0 Å². The predicted octanol–water partition coefficient (Wildman–Crippen LogP) is 4.24. The lowest BCUT2D eigenvalue weighted by Crippen LogP contribution is -2.27. The molecule has 10 nitrogen and oxygen atoms in total. The first kappa shape index (κ1) is 26.2. The Morgan fingerprint density at radius 1 is 1.27 bits per heavy atom. The van der Waals surface area contributed by atoms with Crippen LogP contribution in [0.2, 0.25) is 0 Å². The minimum absolute atomic E-state index is 0.264. The fraction of sp³-hybridized carbons (Fsp3) is 0.308. The second-order valence-corrected chi connectivity index (χ2v) is 11.6. The highest BCUT2D eigenvalue weighted by molar-refractivity contribution is 7.92. The minimum Gasteiger partial charge on any atom is -0.381 e. The summed E-state index contributed by atoms with van der Waals surface area (Å²) in [5, 5.41) is 15.9. The number of aromatic nitrogens is 3. The van der Waals surface area contributed by atoms with Crippen LogP contribution in [0.4, 0.5) is 29.1 Å². The molecule has 0 bridgehead atoms. The summed E-state index contributed by atoms with van der Waals surface area (Å²) in [5.41, 5.74) is 4.82. The van der Waals surface area contributed by atoms with Crippen molar-refractivity contribution in [1.82, 2.24) is 19.9 Å². The molecule has 1 aliphatic rings. The molecule has 0 fully saturated rings. The molecule has 0 spiro atoms. The molecule has 1 aliphatic heterocycles. The maximum Gasteiger partial charge on any atom is 0.229 e. The predicted molar refractivity (Wildman–Crippen MR) is 147 cm³/mol. The van der Waals surface area contributed by atoms with Gasteiger partial charge in [0.1, 0.15) is 17.5 Å². The monoisotopic (exact) mass is 518 g/mol. The van der Waals surface area contributed by atoms with Crippen molar-refractivity contribution in [2.24, 2.45) is 4.36 Å². The van der Waals surface area contributed by atoms with E-state index in [1.54, 1.807) is 37.8 Å². The van der Waals surface area contributed by atoms with Gasteiger partial charge in [-0.1, -0.05) is 18.2 Å². The lowest BCUT2D eigenvalue weighted by atomic mass is 9.93. The number of hydrogen-bond acceptors (Lipinski definition) is 10. The second kappa shape index (κ2) is 11.5. The van der Waals surface area contributed by atoms with Crippen molar-refractivity contribution in [3.05, 3.63) is 64.9 Å². The average molecular weight is 519 g/mol. The number of fused-ring (bicyclic) bond motifs is 1. The Morgan fingerprint density at radius 2 is 2.11 bits per heavy atom. The van der Waals surface area contributed by atoms with Gasteiger partial charge >= 0.3 is 0 Å². The third-order valence-electron chi connectivity index (χ3n) is 5.58. The van der Waals surface area contributed by atoms with E-state index in [2.05, 4.69) is 66.2 Å². The van der Waals surface area contributed by atoms with Crippen molar-refractivity contribution in [1.29, 1.82) is 5.26 Å². The number of nitrogens with one attached hydrogen (secondary N) is 2. The summed E-state index contributed by atoms with van der Waals surface area (Å²) in [7, 11) is 1.43. The molecule has 0 aliphatic carbocycles. The zero-order chi connectivity index (χ0) is 26.4. The molecule has 37 heavy (non-hydrogen) atoms. The highest BCUT2D eigenvalue weighted by atomic mass is 32.2. The van der Waals surface area contributed by atoms with Gasteiger partial charge in [-0.15, -0.1) is 0 Å². The van der Waals surface area contributed by atoms with E-state index in [-0.39, 0.29) is 5.56 Å². The molecule has 3 aromatic rings. The van der Waals surface area contributed by atoms with Gasteiger partial charge in [0.2, 0.25) is 5.95 Å². The molecule has 0 saturated carbocycles. The molecule has 1 aromatic carbocycles. The molecule has 0 unspecified atom stereocenters. The number of nitriles is 1. The third-order valence-corrected chi connectivity index (χ3v) is 6.21. The van der Waals surface area contributed by atoms with Crippen LogP contribution in [0.3, 0.4) is 0 Å². The Labute approximate surface area is 217 Å². The smallest absolute Gasteiger partial charge is 0.229 e. The maximum absolute atomic E-state index is 12.0. The van der Waals surface area contributed by atoms with Crippen LogP contribution in [0.1, 0.15) is 22.3 Å². The summed E-state index contributed by atoms with van der Waals surface area (Å²) in [6.07, 6.45) is 9.61. The van der Waals surface area contributed by atoms with E-state index >= 15 is 0 Å². The van der Waals surface area contributed by atoms with E-state index in [9.17, 15) is 9.47 Å². The normalized spacial score (nSPS) is 13.7. The molecule has 0 saturated heterocycles. The average Bonchev–Trinajstić information content (AvgIpc) is 2.83. The Bertz CT molecular complexity index is 1480. The fourth-order valence-electron chi connectivity index (χ4n) is 4.01. The van der Waals surface area contributed by atoms with Gasteiger partial charge < -0.3 is 20.3 Å². The standard InChI is InChI=1S/C26H30N8O2S/c1-34-11-10-22-18(7-6-12-36-2)13-21(14-19(22)17-34)29-26-28-16-20(15-27)25(32-26)31-23-8-5-9-24(30-23)33-37(3,4)35/h5-9,13-14,16H,10-12,17H2,1-4H3,(H2,28,29,30,31,32)/b7-6+. The summed E-state index contributed by atoms with van der Waals surface area (Å²) >= 11 is 0. The highest BCUT2D eigenvalue weighted by Crippen LogP contribution is 2.29. The summed E-state index contributed by atoms with van der Waals surface area (Å²) in [6.45, 7) is 2.40. The first-order valence-electron chi connectivity index (χ1n) is 11.7. The van der Waals surface area contributed by atoms with E-state index in [1.807, 2.05) is 6.08 Å². The van der Waals surface area contributed by atoms with Crippen LogP contribution in [0, 0.1) is 11.3 Å². The van der Waals surface area contributed by atoms with E-state index < -0.39 is 9.73 Å². The Kier molecular flexibility index (Phi) is 8.13. The molecular weight excluding hydrogens is 488 g/mol. The van der Waals surface area contributed by atoms with Gasteiger partial charge in [-0.2, -0.15) is 14.6 Å². The van der Waals surface area contributed by atoms with Gasteiger partial charge in [0, 0.05) is 48.1 Å². The van der Waals surface area contributed by atoms with Crippen molar-refractivity contribution < 1.29 is 8.95 Å². The Balaban J connectivity index is 1.64. The third kappa shape index (κ3) is 7.10. The van der Waals surface area contributed by atoms with Gasteiger partial charge in [0.05, 0.1) is 12.8 Å². The molecule has 11 heteroatoms. The number of methoxy groups -OCH3 is 1. The van der Waals surface area contributed by atoms with Crippen LogP contribution < -0.4 is 10.6 Å². The van der Waals surface area contributed by atoms with E-state index in [0.717, 1.165) is 30.8 Å². The van der Waals surface area contributed by atoms with Crippen LogP contribution in [0.25, 0.3) is 6.08 Å². The molecule has 0 radical (unpaired) electrons. The zero-order valence-electron chi connectivity index (χ0n) is 21.4. The largest absolute Gasteiger partial charge is 0.381 e. The van der Waals surface area contributed by atoms with Crippen molar-refractivity contribution in [2.75, 3.05) is 50.5 Å². The number of benzene rings is 1. The first-order valence-corrected chi connectivity index (χ1v) is 14.0. The lowest BCUT2D eigenvalue weighted by molar-refractivity contribution is 0.234. The summed E-state index contributed by atoms with van der Waals surface area (Å²) in [4.78, 5) is 15.5. The van der Waals surface area contributed by atoms with Gasteiger partial charge in [-0.3, -0.25) is 0 Å². The van der Waals surface area contributed by atoms with Crippen LogP contribution >= 0.6 is 0 Å². The quantitative estimate of drug-likeness (QED) is 0.450. The lowest BCUT2D eigenvalue weighted by Gasteiger charge is -2.27. The van der Waals surface area contributed by atoms with Gasteiger partial charge in [0.25, 0.3) is 0 Å². The molecule has 192 valence electrons. The van der Waals surface area contributed by atoms with Gasteiger partial charge in [-0.05, 0) is 54.4 Å². The molecule has 2 aromatic heterocycles. The zero-order valence-corrected chi connectivity index (χ0v) is 22.2. The highest BCUT2D eigenvalue weighted by Gasteiger charge is 2.17. The van der Waals surface area contributed by atoms with E-state index in [1.165, 1.54) is 17.3 Å². The van der Waals surface area contributed by atoms with Crippen LogP contribution in [-0.2, 0) is 27.4 Å². The van der Waals surface area contributed by atoms with Crippen molar-refractivity contribution in [2.45, 2.75) is 13.0 Å². The number of anilines is 4. The number of pyridine rings is 1. The van der Waals surface area contributed by atoms with Crippen LogP contribution in [0.15, 0.2) is 47.0 Å². The van der Waals surface area contributed by atoms with Gasteiger partial charge in [0.15, 0.2) is 11.6 Å². The fourth-order valence-corrected chi connectivity index (χ4v) is 4.56. The second-order valence-electron chi connectivity index (χ2n) is 9.02. The molecule has 4 rings (SSSR count). The Morgan fingerprint density at radius 3 is 2.86 bits per heavy atom. The van der Waals surface area contributed by atoms with E-state index in [4.69, 9.17) is 4.74 Å². The number of rotatable bonds is 8. The number of ether oxygens (including phenoxy) is 1. The maximum atomic E-state index is 12.0. The Hall–Kier alpha value is -3.85. The summed E-state index contributed by atoms with van der Waals surface area (Å²) in [5.74, 6) is 1.40. The van der Waals surface area contributed by atoms with Crippen molar-refractivity contribution in [3.63, 3.8) is 0 Å². The molecule has 0 amide bonds. The minimum atomic E-state index is -2.36. The number of hydrogen-bond donors (Lipinski definition) is 2. The summed E-state index contributed by atoms with van der Waals surface area (Å²) in [6, 6.07) is 11.4. The SMILES string of the molecule is COC/C=C/c1cc(Nc2ncc(C#N)c(Nc3cccc(N=S(C)(C)=O)n3)n2)cc2c1CCN(C)C2. The number of likely N-dealkylation sites (N-methyl/N-ethyl adjacent to an activating group) is 1. The van der Waals surface area contributed by atoms with Crippen molar-refractivity contribution in [3.8, 4) is 6.07 Å². The molecular formula is C26H30N8O2S. The summed E-state index contributed by atoms with van der Waals surface area (Å²) < 4.78 is 21.3.